The molecular weight excluding hydrogens is 188 g/mol. The molecule has 1 unspecified atom stereocenters. The van der Waals surface area contributed by atoms with Crippen LogP contribution in [-0.2, 0) is 6.42 Å². The summed E-state index contributed by atoms with van der Waals surface area (Å²) in [5.41, 5.74) is 2.03. The lowest BCUT2D eigenvalue weighted by molar-refractivity contribution is 0.0967. The Bertz CT molecular complexity index is 382. The SMILES string of the molecule is COc1ccc2c(c1)CCC(C)CC2=O. The number of Topliss-reactive ketones (excluding diaryl/α,β-unsaturated/α-hetero) is 1. The number of fused-ring (bicyclic) bond motifs is 1. The van der Waals surface area contributed by atoms with E-state index in [4.69, 9.17) is 4.74 Å². The summed E-state index contributed by atoms with van der Waals surface area (Å²) in [6.45, 7) is 2.14. The molecule has 1 atom stereocenters. The Hall–Kier alpha value is -1.31. The molecule has 0 amide bonds. The van der Waals surface area contributed by atoms with E-state index in [1.54, 1.807) is 7.11 Å². The molecule has 0 bridgehead atoms. The van der Waals surface area contributed by atoms with Crippen molar-refractivity contribution in [3.63, 3.8) is 0 Å². The van der Waals surface area contributed by atoms with Gasteiger partial charge in [0, 0.05) is 12.0 Å². The van der Waals surface area contributed by atoms with Gasteiger partial charge in [0.25, 0.3) is 0 Å². The number of carbonyl (C=O) groups excluding carboxylic acids is 1. The van der Waals surface area contributed by atoms with Crippen molar-refractivity contribution in [3.05, 3.63) is 29.3 Å². The Labute approximate surface area is 90.3 Å². The molecule has 0 heterocycles. The van der Waals surface area contributed by atoms with E-state index in [2.05, 4.69) is 6.92 Å². The predicted molar refractivity (Wildman–Crippen MR) is 59.4 cm³/mol. The number of hydrogen-bond donors (Lipinski definition) is 0. The summed E-state index contributed by atoms with van der Waals surface area (Å²) in [6.07, 6.45) is 2.75. The van der Waals surface area contributed by atoms with Gasteiger partial charge >= 0.3 is 0 Å². The molecule has 2 rings (SSSR count). The standard InChI is InChI=1S/C13H16O2/c1-9-3-4-10-8-11(15-2)5-6-12(10)13(14)7-9/h5-6,8-9H,3-4,7H2,1-2H3. The van der Waals surface area contributed by atoms with Crippen LogP contribution in [0.15, 0.2) is 18.2 Å². The number of carbonyl (C=O) groups is 1. The van der Waals surface area contributed by atoms with Crippen molar-refractivity contribution in [1.29, 1.82) is 0 Å². The van der Waals surface area contributed by atoms with Gasteiger partial charge < -0.3 is 4.74 Å². The van der Waals surface area contributed by atoms with Gasteiger partial charge in [-0.3, -0.25) is 4.79 Å². The highest BCUT2D eigenvalue weighted by Gasteiger charge is 2.19. The summed E-state index contributed by atoms with van der Waals surface area (Å²) in [5.74, 6) is 1.62. The molecule has 0 saturated heterocycles. The smallest absolute Gasteiger partial charge is 0.163 e. The zero-order valence-electron chi connectivity index (χ0n) is 9.25. The Morgan fingerprint density at radius 2 is 2.20 bits per heavy atom. The van der Waals surface area contributed by atoms with E-state index < -0.39 is 0 Å². The third kappa shape index (κ3) is 2.04. The fraction of sp³-hybridized carbons (Fsp3) is 0.462. The highest BCUT2D eigenvalue weighted by Crippen LogP contribution is 2.27. The Kier molecular flexibility index (Phi) is 2.76. The monoisotopic (exact) mass is 204 g/mol. The molecule has 1 aliphatic rings. The van der Waals surface area contributed by atoms with Crippen LogP contribution in [0.4, 0.5) is 0 Å². The van der Waals surface area contributed by atoms with Crippen LogP contribution in [0.25, 0.3) is 0 Å². The summed E-state index contributed by atoms with van der Waals surface area (Å²) in [4.78, 5) is 11.9. The zero-order chi connectivity index (χ0) is 10.8. The first-order chi connectivity index (χ1) is 7.20. The van der Waals surface area contributed by atoms with Crippen LogP contribution in [0.1, 0.15) is 35.7 Å². The van der Waals surface area contributed by atoms with Crippen LogP contribution < -0.4 is 4.74 Å². The molecule has 0 spiro atoms. The molecule has 2 nitrogen and oxygen atoms in total. The van der Waals surface area contributed by atoms with Crippen LogP contribution in [0.2, 0.25) is 0 Å². The Morgan fingerprint density at radius 3 is 2.93 bits per heavy atom. The second-order valence-electron chi connectivity index (χ2n) is 4.29. The van der Waals surface area contributed by atoms with Crippen LogP contribution in [0, 0.1) is 5.92 Å². The molecule has 2 heteroatoms. The molecule has 0 fully saturated rings. The summed E-state index contributed by atoms with van der Waals surface area (Å²) in [6, 6.07) is 5.76. The van der Waals surface area contributed by atoms with Gasteiger partial charge in [0.15, 0.2) is 5.78 Å². The van der Waals surface area contributed by atoms with E-state index in [9.17, 15) is 4.79 Å². The second-order valence-corrected chi connectivity index (χ2v) is 4.29. The van der Waals surface area contributed by atoms with Crippen LogP contribution in [0.3, 0.4) is 0 Å². The molecule has 1 aliphatic carbocycles. The van der Waals surface area contributed by atoms with Crippen molar-refractivity contribution in [1.82, 2.24) is 0 Å². The molecular formula is C13H16O2. The van der Waals surface area contributed by atoms with Gasteiger partial charge in [0.2, 0.25) is 0 Å². The molecule has 0 aromatic heterocycles. The average molecular weight is 204 g/mol. The maximum absolute atomic E-state index is 11.9. The molecule has 1 aromatic rings. The normalized spacial score (nSPS) is 20.7. The van der Waals surface area contributed by atoms with Gasteiger partial charge in [-0.1, -0.05) is 6.92 Å². The van der Waals surface area contributed by atoms with E-state index in [-0.39, 0.29) is 5.78 Å². The number of aryl methyl sites for hydroxylation is 1. The van der Waals surface area contributed by atoms with E-state index in [0.29, 0.717) is 12.3 Å². The highest BCUT2D eigenvalue weighted by atomic mass is 16.5. The lowest BCUT2D eigenvalue weighted by atomic mass is 10.0. The minimum absolute atomic E-state index is 0.276. The largest absolute Gasteiger partial charge is 0.497 e. The average Bonchev–Trinajstić information content (AvgIpc) is 2.38. The molecule has 0 radical (unpaired) electrons. The maximum Gasteiger partial charge on any atom is 0.163 e. The van der Waals surface area contributed by atoms with Crippen LogP contribution in [0.5, 0.6) is 5.75 Å². The van der Waals surface area contributed by atoms with Crippen LogP contribution in [-0.4, -0.2) is 12.9 Å². The highest BCUT2D eigenvalue weighted by molar-refractivity contribution is 5.98. The summed E-state index contributed by atoms with van der Waals surface area (Å²) < 4.78 is 5.17. The van der Waals surface area contributed by atoms with E-state index in [1.807, 2.05) is 18.2 Å². The first-order valence-electron chi connectivity index (χ1n) is 5.41. The summed E-state index contributed by atoms with van der Waals surface area (Å²) in [7, 11) is 1.66. The van der Waals surface area contributed by atoms with Crippen molar-refractivity contribution in [2.75, 3.05) is 7.11 Å². The van der Waals surface area contributed by atoms with Gasteiger partial charge in [-0.2, -0.15) is 0 Å². The fourth-order valence-corrected chi connectivity index (χ4v) is 2.11. The van der Waals surface area contributed by atoms with E-state index in [0.717, 1.165) is 29.7 Å². The van der Waals surface area contributed by atoms with Gasteiger partial charge in [-0.05, 0) is 42.5 Å². The Balaban J connectivity index is 2.39. The number of rotatable bonds is 1. The lowest BCUT2D eigenvalue weighted by Crippen LogP contribution is -2.03. The molecule has 15 heavy (non-hydrogen) atoms. The minimum atomic E-state index is 0.276. The fourth-order valence-electron chi connectivity index (χ4n) is 2.11. The molecule has 0 N–H and O–H groups in total. The van der Waals surface area contributed by atoms with Gasteiger partial charge in [-0.25, -0.2) is 0 Å². The van der Waals surface area contributed by atoms with Crippen molar-refractivity contribution >= 4 is 5.78 Å². The van der Waals surface area contributed by atoms with Crippen LogP contribution >= 0.6 is 0 Å². The van der Waals surface area contributed by atoms with Gasteiger partial charge in [0.05, 0.1) is 7.11 Å². The number of benzene rings is 1. The maximum atomic E-state index is 11.9. The summed E-state index contributed by atoms with van der Waals surface area (Å²) >= 11 is 0. The number of ether oxygens (including phenoxy) is 1. The van der Waals surface area contributed by atoms with Gasteiger partial charge in [0.1, 0.15) is 5.75 Å². The molecule has 80 valence electrons. The lowest BCUT2D eigenvalue weighted by Gasteiger charge is -2.06. The van der Waals surface area contributed by atoms with Crippen molar-refractivity contribution < 1.29 is 9.53 Å². The van der Waals surface area contributed by atoms with E-state index >= 15 is 0 Å². The molecule has 1 aromatic carbocycles. The first kappa shape index (κ1) is 10.2. The number of methoxy groups -OCH3 is 1. The summed E-state index contributed by atoms with van der Waals surface area (Å²) in [5, 5.41) is 0. The molecule has 0 saturated carbocycles. The van der Waals surface area contributed by atoms with Gasteiger partial charge in [-0.15, -0.1) is 0 Å². The topological polar surface area (TPSA) is 26.3 Å². The Morgan fingerprint density at radius 1 is 1.40 bits per heavy atom. The number of ketones is 1. The second kappa shape index (κ2) is 4.05. The zero-order valence-corrected chi connectivity index (χ0v) is 9.25. The number of hydrogen-bond acceptors (Lipinski definition) is 2. The third-order valence-corrected chi connectivity index (χ3v) is 3.05. The third-order valence-electron chi connectivity index (χ3n) is 3.05. The van der Waals surface area contributed by atoms with Crippen molar-refractivity contribution in [3.8, 4) is 5.75 Å². The predicted octanol–water partition coefficient (Wildman–Crippen LogP) is 2.85. The molecule has 0 aliphatic heterocycles. The van der Waals surface area contributed by atoms with E-state index in [1.165, 1.54) is 0 Å². The van der Waals surface area contributed by atoms with Crippen molar-refractivity contribution in [2.24, 2.45) is 5.92 Å². The quantitative estimate of drug-likeness (QED) is 0.657. The first-order valence-corrected chi connectivity index (χ1v) is 5.41. The minimum Gasteiger partial charge on any atom is -0.497 e. The van der Waals surface area contributed by atoms with Crippen molar-refractivity contribution in [2.45, 2.75) is 26.2 Å².